The summed E-state index contributed by atoms with van der Waals surface area (Å²) in [5.41, 5.74) is 6.23. The summed E-state index contributed by atoms with van der Waals surface area (Å²) >= 11 is 0. The van der Waals surface area contributed by atoms with E-state index in [-0.39, 0.29) is 11.4 Å². The Morgan fingerprint density at radius 1 is 1.48 bits per heavy atom. The molecule has 114 valence electrons. The highest BCUT2D eigenvalue weighted by molar-refractivity contribution is 5.92. The van der Waals surface area contributed by atoms with Crippen LogP contribution in [-0.2, 0) is 6.54 Å². The van der Waals surface area contributed by atoms with Gasteiger partial charge in [-0.05, 0) is 50.4 Å². The standard InChI is InChI=1S/C16H22FN3O/c1-16(2)13-7-19-6-12(13)9-20(16)8-11-5-10(15(18)21)3-4-14(11)17/h3-5,12-13,19H,6-9H2,1-2H3,(H2,18,21). The van der Waals surface area contributed by atoms with Crippen LogP contribution in [0, 0.1) is 17.7 Å². The number of carbonyl (C=O) groups excluding carboxylic acids is 1. The number of primary amides is 1. The van der Waals surface area contributed by atoms with Crippen LogP contribution in [0.15, 0.2) is 18.2 Å². The van der Waals surface area contributed by atoms with Crippen molar-refractivity contribution in [1.82, 2.24) is 10.2 Å². The molecule has 2 fully saturated rings. The SMILES string of the molecule is CC1(C)C2CNCC2CN1Cc1cc(C(N)=O)ccc1F. The minimum absolute atomic E-state index is 0.0311. The molecule has 2 atom stereocenters. The van der Waals surface area contributed by atoms with Gasteiger partial charge in [0, 0.05) is 36.3 Å². The lowest BCUT2D eigenvalue weighted by Crippen LogP contribution is -2.44. The van der Waals surface area contributed by atoms with Crippen molar-refractivity contribution in [3.8, 4) is 0 Å². The van der Waals surface area contributed by atoms with Gasteiger partial charge in [-0.15, -0.1) is 0 Å². The van der Waals surface area contributed by atoms with Crippen molar-refractivity contribution in [2.75, 3.05) is 19.6 Å². The maximum atomic E-state index is 14.0. The molecule has 3 N–H and O–H groups in total. The van der Waals surface area contributed by atoms with Crippen molar-refractivity contribution in [2.24, 2.45) is 17.6 Å². The minimum Gasteiger partial charge on any atom is -0.366 e. The Balaban J connectivity index is 1.84. The molecule has 0 radical (unpaired) electrons. The van der Waals surface area contributed by atoms with Crippen molar-refractivity contribution in [3.63, 3.8) is 0 Å². The highest BCUT2D eigenvalue weighted by Gasteiger charge is 2.49. The van der Waals surface area contributed by atoms with E-state index in [0.29, 0.717) is 29.5 Å². The number of nitrogens with two attached hydrogens (primary N) is 1. The van der Waals surface area contributed by atoms with Gasteiger partial charge in [-0.2, -0.15) is 0 Å². The topological polar surface area (TPSA) is 58.4 Å². The number of rotatable bonds is 3. The maximum Gasteiger partial charge on any atom is 0.248 e. The number of hydrogen-bond donors (Lipinski definition) is 2. The Morgan fingerprint density at radius 2 is 2.24 bits per heavy atom. The summed E-state index contributed by atoms with van der Waals surface area (Å²) in [4.78, 5) is 13.6. The van der Waals surface area contributed by atoms with Crippen LogP contribution in [0.4, 0.5) is 4.39 Å². The highest BCUT2D eigenvalue weighted by Crippen LogP contribution is 2.41. The van der Waals surface area contributed by atoms with Gasteiger partial charge in [0.1, 0.15) is 5.82 Å². The lowest BCUT2D eigenvalue weighted by atomic mass is 9.85. The van der Waals surface area contributed by atoms with E-state index in [2.05, 4.69) is 24.1 Å². The summed E-state index contributed by atoms with van der Waals surface area (Å²) in [6.45, 7) is 7.99. The van der Waals surface area contributed by atoms with Crippen LogP contribution in [0.5, 0.6) is 0 Å². The number of hydrogen-bond acceptors (Lipinski definition) is 3. The summed E-state index contributed by atoms with van der Waals surface area (Å²) in [5.74, 6) is 0.436. The molecular formula is C16H22FN3O. The van der Waals surface area contributed by atoms with E-state index in [1.807, 2.05) is 0 Å². The molecule has 0 bridgehead atoms. The fourth-order valence-corrected chi connectivity index (χ4v) is 3.83. The Hall–Kier alpha value is -1.46. The summed E-state index contributed by atoms with van der Waals surface area (Å²) in [6, 6.07) is 4.36. The van der Waals surface area contributed by atoms with Gasteiger partial charge in [0.2, 0.25) is 5.91 Å². The van der Waals surface area contributed by atoms with Gasteiger partial charge in [-0.1, -0.05) is 0 Å². The molecule has 0 spiro atoms. The van der Waals surface area contributed by atoms with Crippen LogP contribution in [-0.4, -0.2) is 36.0 Å². The zero-order valence-electron chi connectivity index (χ0n) is 12.5. The van der Waals surface area contributed by atoms with Gasteiger partial charge in [0.05, 0.1) is 0 Å². The fraction of sp³-hybridized carbons (Fsp3) is 0.562. The van der Waals surface area contributed by atoms with E-state index in [1.54, 1.807) is 6.07 Å². The highest BCUT2D eigenvalue weighted by atomic mass is 19.1. The number of nitrogens with zero attached hydrogens (tertiary/aromatic N) is 1. The van der Waals surface area contributed by atoms with E-state index >= 15 is 0 Å². The first-order valence-electron chi connectivity index (χ1n) is 7.43. The maximum absolute atomic E-state index is 14.0. The minimum atomic E-state index is -0.516. The van der Waals surface area contributed by atoms with E-state index in [4.69, 9.17) is 5.73 Å². The summed E-state index contributed by atoms with van der Waals surface area (Å²) < 4.78 is 14.0. The number of amides is 1. The van der Waals surface area contributed by atoms with Gasteiger partial charge in [0.25, 0.3) is 0 Å². The second-order valence-electron chi connectivity index (χ2n) is 6.73. The monoisotopic (exact) mass is 291 g/mol. The van der Waals surface area contributed by atoms with Gasteiger partial charge in [0.15, 0.2) is 0 Å². The third-order valence-electron chi connectivity index (χ3n) is 5.21. The molecule has 2 heterocycles. The lowest BCUT2D eigenvalue weighted by Gasteiger charge is -2.35. The molecular weight excluding hydrogens is 269 g/mol. The van der Waals surface area contributed by atoms with E-state index in [1.165, 1.54) is 12.1 Å². The molecule has 2 aliphatic heterocycles. The molecule has 0 aromatic heterocycles. The largest absolute Gasteiger partial charge is 0.366 e. The van der Waals surface area contributed by atoms with E-state index in [0.717, 1.165) is 19.6 Å². The average Bonchev–Trinajstić information content (AvgIpc) is 2.96. The number of fused-ring (bicyclic) bond motifs is 1. The van der Waals surface area contributed by atoms with Crippen LogP contribution in [0.1, 0.15) is 29.8 Å². The van der Waals surface area contributed by atoms with Crippen molar-refractivity contribution in [3.05, 3.63) is 35.1 Å². The van der Waals surface area contributed by atoms with Crippen LogP contribution >= 0.6 is 0 Å². The first-order chi connectivity index (χ1) is 9.89. The van der Waals surface area contributed by atoms with Crippen LogP contribution < -0.4 is 11.1 Å². The van der Waals surface area contributed by atoms with Crippen molar-refractivity contribution < 1.29 is 9.18 Å². The molecule has 5 heteroatoms. The predicted molar refractivity (Wildman–Crippen MR) is 79.3 cm³/mol. The normalized spacial score (nSPS) is 27.8. The molecule has 0 saturated carbocycles. The Kier molecular flexibility index (Phi) is 3.50. The van der Waals surface area contributed by atoms with Crippen molar-refractivity contribution >= 4 is 5.91 Å². The zero-order valence-corrected chi connectivity index (χ0v) is 12.5. The summed E-state index contributed by atoms with van der Waals surface area (Å²) in [6.07, 6.45) is 0. The molecule has 21 heavy (non-hydrogen) atoms. The van der Waals surface area contributed by atoms with E-state index < -0.39 is 5.91 Å². The zero-order chi connectivity index (χ0) is 15.2. The quantitative estimate of drug-likeness (QED) is 0.884. The molecule has 4 nitrogen and oxygen atoms in total. The van der Waals surface area contributed by atoms with Gasteiger partial charge < -0.3 is 11.1 Å². The fourth-order valence-electron chi connectivity index (χ4n) is 3.83. The number of halogens is 1. The smallest absolute Gasteiger partial charge is 0.248 e. The van der Waals surface area contributed by atoms with E-state index in [9.17, 15) is 9.18 Å². The molecule has 2 saturated heterocycles. The number of nitrogens with one attached hydrogen (secondary N) is 1. The van der Waals surface area contributed by atoms with Crippen LogP contribution in [0.25, 0.3) is 0 Å². The molecule has 2 unspecified atom stereocenters. The molecule has 3 rings (SSSR count). The molecule has 1 aromatic rings. The van der Waals surface area contributed by atoms with Crippen molar-refractivity contribution in [2.45, 2.75) is 25.9 Å². The predicted octanol–water partition coefficient (Wildman–Crippen LogP) is 1.35. The van der Waals surface area contributed by atoms with Crippen LogP contribution in [0.3, 0.4) is 0 Å². The van der Waals surface area contributed by atoms with Gasteiger partial charge in [-0.3, -0.25) is 9.69 Å². The second kappa shape index (κ2) is 5.07. The molecule has 2 aliphatic rings. The number of carbonyl (C=O) groups is 1. The first-order valence-corrected chi connectivity index (χ1v) is 7.43. The van der Waals surface area contributed by atoms with Crippen molar-refractivity contribution in [1.29, 1.82) is 0 Å². The van der Waals surface area contributed by atoms with Crippen LogP contribution in [0.2, 0.25) is 0 Å². The molecule has 1 aromatic carbocycles. The Morgan fingerprint density at radius 3 is 2.90 bits per heavy atom. The number of benzene rings is 1. The summed E-state index contributed by atoms with van der Waals surface area (Å²) in [5, 5.41) is 3.44. The lowest BCUT2D eigenvalue weighted by molar-refractivity contribution is 0.0999. The number of likely N-dealkylation sites (tertiary alicyclic amines) is 1. The molecule has 1 amide bonds. The summed E-state index contributed by atoms with van der Waals surface area (Å²) in [7, 11) is 0. The average molecular weight is 291 g/mol. The molecule has 0 aliphatic carbocycles. The van der Waals surface area contributed by atoms with Gasteiger partial charge >= 0.3 is 0 Å². The Bertz CT molecular complexity index is 573. The third-order valence-corrected chi connectivity index (χ3v) is 5.21. The third kappa shape index (κ3) is 2.45. The second-order valence-corrected chi connectivity index (χ2v) is 6.73. The first kappa shape index (κ1) is 14.5. The Labute approximate surface area is 124 Å². The van der Waals surface area contributed by atoms with Gasteiger partial charge in [-0.25, -0.2) is 4.39 Å².